The van der Waals surface area contributed by atoms with Gasteiger partial charge >= 0.3 is 0 Å². The molecule has 1 unspecified atom stereocenters. The van der Waals surface area contributed by atoms with Gasteiger partial charge in [0.2, 0.25) is 0 Å². The number of aliphatic hydroxyl groups excluding tert-OH is 1. The Balaban J connectivity index is 3.28. The van der Waals surface area contributed by atoms with Gasteiger partial charge in [-0.1, -0.05) is 0 Å². The van der Waals surface area contributed by atoms with Crippen LogP contribution in [0.5, 0.6) is 0 Å². The zero-order chi connectivity index (χ0) is 7.49. The second-order valence-electron chi connectivity index (χ2n) is 0.995. The summed E-state index contributed by atoms with van der Waals surface area (Å²) in [6.07, 6.45) is -0.842. The van der Waals surface area contributed by atoms with Crippen molar-refractivity contribution in [3.05, 3.63) is 6.61 Å². The van der Waals surface area contributed by atoms with Gasteiger partial charge in [-0.15, -0.1) is 0 Å². The zero-order valence-electron chi connectivity index (χ0n) is 6.51. The molecular weight excluding hydrogens is 80.0 g/mol. The summed E-state index contributed by atoms with van der Waals surface area (Å²) in [6.45, 7) is 2.28. The normalized spacial score (nSPS) is 24.0. The van der Waals surface area contributed by atoms with Crippen molar-refractivity contribution in [3.63, 3.8) is 0 Å². The maximum absolute atomic E-state index is 8.49. The van der Waals surface area contributed by atoms with Gasteiger partial charge in [0.15, 0.2) is 0 Å². The van der Waals surface area contributed by atoms with Crippen LogP contribution < -0.4 is 0 Å². The molecule has 0 rings (SSSR count). The van der Waals surface area contributed by atoms with Crippen LogP contribution in [0.3, 0.4) is 0 Å². The van der Waals surface area contributed by atoms with Crippen molar-refractivity contribution >= 4 is 0 Å². The summed E-state index contributed by atoms with van der Waals surface area (Å²) < 4.78 is 23.6. The van der Waals surface area contributed by atoms with E-state index in [4.69, 9.17) is 9.22 Å². The average Bonchev–Trinajstić information content (AvgIpc) is 1.59. The smallest absolute Gasteiger partial charge is 0.111 e. The second-order valence-corrected chi connectivity index (χ2v) is 0.995. The molecule has 1 N–H and O–H groups in total. The van der Waals surface area contributed by atoms with E-state index in [1.54, 1.807) is 0 Å². The van der Waals surface area contributed by atoms with Crippen molar-refractivity contribution in [1.29, 1.82) is 0 Å². The van der Waals surface area contributed by atoms with Gasteiger partial charge in [0.25, 0.3) is 0 Å². The maximum atomic E-state index is 8.49. The SMILES string of the molecule is [2H]C([2H])([2H])O[CH]C(C)O. The lowest BCUT2D eigenvalue weighted by atomic mass is 10.5. The number of ether oxygens (including phenoxy) is 1. The summed E-state index contributed by atoms with van der Waals surface area (Å²) in [7, 11) is -2.43. The van der Waals surface area contributed by atoms with Crippen molar-refractivity contribution in [1.82, 2.24) is 0 Å². The molecule has 2 heteroatoms. The fraction of sp³-hybridized carbons (Fsp3) is 0.750. The zero-order valence-corrected chi connectivity index (χ0v) is 3.51. The summed E-state index contributed by atoms with van der Waals surface area (Å²) in [6, 6.07) is 0. The highest BCUT2D eigenvalue weighted by atomic mass is 16.5. The Kier molecular flexibility index (Phi) is 1.19. The summed E-state index contributed by atoms with van der Waals surface area (Å²) >= 11 is 0. The lowest BCUT2D eigenvalue weighted by Gasteiger charge is -1.96. The van der Waals surface area contributed by atoms with E-state index in [2.05, 4.69) is 4.74 Å². The van der Waals surface area contributed by atoms with Gasteiger partial charge in [-0.05, 0) is 6.92 Å². The first-order valence-corrected chi connectivity index (χ1v) is 1.61. The molecule has 6 heavy (non-hydrogen) atoms. The van der Waals surface area contributed by atoms with E-state index in [0.717, 1.165) is 6.61 Å². The monoisotopic (exact) mass is 92.1 g/mol. The van der Waals surface area contributed by atoms with Gasteiger partial charge in [-0.3, -0.25) is 0 Å². The Morgan fingerprint density at radius 3 is 3.00 bits per heavy atom. The molecule has 37 valence electrons. The van der Waals surface area contributed by atoms with Crippen LogP contribution >= 0.6 is 0 Å². The molecule has 0 saturated heterocycles. The lowest BCUT2D eigenvalue weighted by Crippen LogP contribution is -2.00. The van der Waals surface area contributed by atoms with Gasteiger partial charge in [-0.25, -0.2) is 0 Å². The van der Waals surface area contributed by atoms with Gasteiger partial charge in [0, 0.05) is 7.04 Å². The quantitative estimate of drug-likeness (QED) is 0.526. The standard InChI is InChI=1S/C4H9O2/c1-4(5)3-6-2/h3-5H,1-2H3/i2D3. The van der Waals surface area contributed by atoms with Crippen LogP contribution in [-0.2, 0) is 4.74 Å². The summed E-state index contributed by atoms with van der Waals surface area (Å²) in [4.78, 5) is 0. The van der Waals surface area contributed by atoms with E-state index < -0.39 is 13.1 Å². The highest BCUT2D eigenvalue weighted by Gasteiger charge is 1.88. The molecule has 0 bridgehead atoms. The third-order valence-corrected chi connectivity index (χ3v) is 0.265. The Hall–Kier alpha value is -0.0800. The number of methoxy groups -OCH3 is 1. The molecule has 2 nitrogen and oxygen atoms in total. The predicted octanol–water partition coefficient (Wildman–Crippen LogP) is 0.175. The van der Waals surface area contributed by atoms with E-state index >= 15 is 0 Å². The van der Waals surface area contributed by atoms with Crippen LogP contribution in [0.15, 0.2) is 0 Å². The molecular formula is C4H9O2. The molecule has 0 aliphatic carbocycles. The predicted molar refractivity (Wildman–Crippen MR) is 23.0 cm³/mol. The minimum Gasteiger partial charge on any atom is -0.391 e. The molecule has 1 radical (unpaired) electrons. The largest absolute Gasteiger partial charge is 0.391 e. The molecule has 0 aliphatic heterocycles. The van der Waals surface area contributed by atoms with E-state index in [1.165, 1.54) is 6.92 Å². The first-order valence-electron chi connectivity index (χ1n) is 3.11. The average molecular weight is 92.1 g/mol. The molecule has 0 aromatic carbocycles. The Bertz CT molecular complexity index is 78.4. The molecule has 1 atom stereocenters. The highest BCUT2D eigenvalue weighted by molar-refractivity contribution is 4.54. The lowest BCUT2D eigenvalue weighted by molar-refractivity contribution is 0.132. The number of hydrogen-bond donors (Lipinski definition) is 1. The van der Waals surface area contributed by atoms with Crippen molar-refractivity contribution in [3.8, 4) is 0 Å². The van der Waals surface area contributed by atoms with E-state index in [0.29, 0.717) is 0 Å². The van der Waals surface area contributed by atoms with Crippen LogP contribution in [-0.4, -0.2) is 18.2 Å². The number of hydrogen-bond acceptors (Lipinski definition) is 2. The summed E-state index contributed by atoms with van der Waals surface area (Å²) in [5, 5.41) is 8.49. The van der Waals surface area contributed by atoms with Gasteiger partial charge in [-0.2, -0.15) is 0 Å². The topological polar surface area (TPSA) is 29.5 Å². The van der Waals surface area contributed by atoms with Crippen molar-refractivity contribution in [2.75, 3.05) is 7.04 Å². The van der Waals surface area contributed by atoms with Gasteiger partial charge < -0.3 is 9.84 Å². The Labute approximate surface area is 42.0 Å². The molecule has 0 heterocycles. The van der Waals surface area contributed by atoms with Crippen LogP contribution in [0, 0.1) is 6.61 Å². The number of aliphatic hydroxyl groups is 1. The molecule has 0 fully saturated rings. The maximum Gasteiger partial charge on any atom is 0.111 e. The molecule has 0 aliphatic rings. The van der Waals surface area contributed by atoms with Crippen molar-refractivity contribution in [2.45, 2.75) is 13.0 Å². The van der Waals surface area contributed by atoms with Crippen molar-refractivity contribution < 1.29 is 14.0 Å². The van der Waals surface area contributed by atoms with E-state index in [9.17, 15) is 0 Å². The van der Waals surface area contributed by atoms with Gasteiger partial charge in [0.05, 0.1) is 10.2 Å². The highest BCUT2D eigenvalue weighted by Crippen LogP contribution is 1.83. The first-order chi connectivity index (χ1) is 3.92. The van der Waals surface area contributed by atoms with Crippen LogP contribution in [0.25, 0.3) is 0 Å². The summed E-state index contributed by atoms with van der Waals surface area (Å²) in [5.41, 5.74) is 0. The Morgan fingerprint density at radius 1 is 2.17 bits per heavy atom. The summed E-state index contributed by atoms with van der Waals surface area (Å²) in [5.74, 6) is 0. The van der Waals surface area contributed by atoms with Crippen LogP contribution in [0.1, 0.15) is 11.0 Å². The van der Waals surface area contributed by atoms with E-state index in [-0.39, 0.29) is 0 Å². The fourth-order valence-electron chi connectivity index (χ4n) is 0.0985. The van der Waals surface area contributed by atoms with Crippen LogP contribution in [0.4, 0.5) is 0 Å². The van der Waals surface area contributed by atoms with E-state index in [1.807, 2.05) is 0 Å². The molecule has 0 spiro atoms. The van der Waals surface area contributed by atoms with Gasteiger partial charge in [0.1, 0.15) is 6.61 Å². The minimum atomic E-state index is -2.43. The third-order valence-electron chi connectivity index (χ3n) is 0.265. The Morgan fingerprint density at radius 2 is 2.83 bits per heavy atom. The fourth-order valence-corrected chi connectivity index (χ4v) is 0.0985. The van der Waals surface area contributed by atoms with Crippen molar-refractivity contribution in [2.24, 2.45) is 0 Å². The van der Waals surface area contributed by atoms with Crippen LogP contribution in [0.2, 0.25) is 0 Å². The second kappa shape index (κ2) is 3.12. The molecule has 0 aromatic rings. The first kappa shape index (κ1) is 2.28. The molecule has 0 saturated carbocycles. The molecule has 0 aromatic heterocycles. The minimum absolute atomic E-state index is 0.842. The number of rotatable bonds is 2. The molecule has 0 amide bonds. The third kappa shape index (κ3) is 3.92.